The Morgan fingerprint density at radius 3 is 2.81 bits per heavy atom. The fraction of sp³-hybridized carbons (Fsp3) is 1.00. The molecule has 96 valence electrons. The summed E-state index contributed by atoms with van der Waals surface area (Å²) in [6.07, 6.45) is 7.78. The molecule has 0 aliphatic heterocycles. The minimum Gasteiger partial charge on any atom is -0.380 e. The van der Waals surface area contributed by atoms with Crippen LogP contribution < -0.4 is 11.3 Å². The van der Waals surface area contributed by atoms with Crippen LogP contribution >= 0.6 is 0 Å². The Balaban J connectivity index is 2.32. The van der Waals surface area contributed by atoms with Crippen molar-refractivity contribution in [2.75, 3.05) is 13.2 Å². The van der Waals surface area contributed by atoms with E-state index >= 15 is 0 Å². The highest BCUT2D eigenvalue weighted by molar-refractivity contribution is 4.81. The molecule has 1 rings (SSSR count). The second-order valence-electron chi connectivity index (χ2n) is 5.05. The Morgan fingerprint density at radius 1 is 1.38 bits per heavy atom. The maximum atomic E-state index is 5.64. The largest absolute Gasteiger partial charge is 0.380 e. The number of rotatable bonds is 7. The number of ether oxygens (including phenoxy) is 1. The molecule has 0 saturated heterocycles. The van der Waals surface area contributed by atoms with Gasteiger partial charge in [-0.1, -0.05) is 33.1 Å². The molecular weight excluding hydrogens is 200 g/mol. The van der Waals surface area contributed by atoms with Gasteiger partial charge in [-0.05, 0) is 31.1 Å². The van der Waals surface area contributed by atoms with Gasteiger partial charge in [-0.25, -0.2) is 0 Å². The van der Waals surface area contributed by atoms with E-state index < -0.39 is 0 Å². The van der Waals surface area contributed by atoms with Crippen LogP contribution in [0.3, 0.4) is 0 Å². The Bertz CT molecular complexity index is 175. The van der Waals surface area contributed by atoms with E-state index in [2.05, 4.69) is 19.3 Å². The first-order chi connectivity index (χ1) is 7.81. The van der Waals surface area contributed by atoms with Crippen molar-refractivity contribution in [3.05, 3.63) is 0 Å². The van der Waals surface area contributed by atoms with Crippen LogP contribution in [0.25, 0.3) is 0 Å². The Labute approximate surface area is 100 Å². The molecule has 0 radical (unpaired) electrons. The lowest BCUT2D eigenvalue weighted by Gasteiger charge is -2.33. The second kappa shape index (κ2) is 8.04. The molecule has 16 heavy (non-hydrogen) atoms. The fourth-order valence-corrected chi connectivity index (χ4v) is 2.74. The van der Waals surface area contributed by atoms with Crippen LogP contribution in [0, 0.1) is 11.8 Å². The molecule has 0 heterocycles. The Morgan fingerprint density at radius 2 is 2.19 bits per heavy atom. The molecule has 3 heteroatoms. The minimum atomic E-state index is 0.348. The zero-order valence-electron chi connectivity index (χ0n) is 10.9. The molecule has 1 aliphatic carbocycles. The quantitative estimate of drug-likeness (QED) is 0.400. The average Bonchev–Trinajstić information content (AvgIpc) is 2.35. The van der Waals surface area contributed by atoms with E-state index in [1.165, 1.54) is 32.1 Å². The van der Waals surface area contributed by atoms with Crippen LogP contribution in [0.15, 0.2) is 0 Å². The van der Waals surface area contributed by atoms with E-state index in [1.54, 1.807) is 0 Å². The molecule has 3 unspecified atom stereocenters. The van der Waals surface area contributed by atoms with Gasteiger partial charge in [-0.3, -0.25) is 11.3 Å². The highest BCUT2D eigenvalue weighted by Gasteiger charge is 2.27. The van der Waals surface area contributed by atoms with Crippen LogP contribution in [-0.2, 0) is 4.74 Å². The standard InChI is InChI=1S/C13H28N2O/c1-3-8-16-10-13(15-14)12-7-5-6-11(4-2)9-12/h11-13,15H,3-10,14H2,1-2H3. The first kappa shape index (κ1) is 13.9. The van der Waals surface area contributed by atoms with Crippen molar-refractivity contribution in [2.24, 2.45) is 17.7 Å². The second-order valence-corrected chi connectivity index (χ2v) is 5.05. The predicted octanol–water partition coefficient (Wildman–Crippen LogP) is 2.46. The van der Waals surface area contributed by atoms with Gasteiger partial charge in [0, 0.05) is 12.6 Å². The molecule has 0 bridgehead atoms. The molecule has 0 aromatic heterocycles. The highest BCUT2D eigenvalue weighted by atomic mass is 16.5. The summed E-state index contributed by atoms with van der Waals surface area (Å²) in [6, 6.07) is 0.348. The average molecular weight is 228 g/mol. The molecular formula is C13H28N2O. The van der Waals surface area contributed by atoms with Gasteiger partial charge in [0.1, 0.15) is 0 Å². The van der Waals surface area contributed by atoms with Gasteiger partial charge < -0.3 is 4.74 Å². The zero-order chi connectivity index (χ0) is 11.8. The van der Waals surface area contributed by atoms with Crippen molar-refractivity contribution in [3.8, 4) is 0 Å². The zero-order valence-corrected chi connectivity index (χ0v) is 10.9. The molecule has 0 aromatic carbocycles. The summed E-state index contributed by atoms with van der Waals surface area (Å²) < 4.78 is 5.62. The van der Waals surface area contributed by atoms with Crippen LogP contribution in [0.4, 0.5) is 0 Å². The first-order valence-corrected chi connectivity index (χ1v) is 6.85. The molecule has 1 saturated carbocycles. The van der Waals surface area contributed by atoms with Gasteiger partial charge in [-0.15, -0.1) is 0 Å². The summed E-state index contributed by atoms with van der Waals surface area (Å²) >= 11 is 0. The van der Waals surface area contributed by atoms with E-state index in [0.717, 1.165) is 25.6 Å². The molecule has 0 amide bonds. The van der Waals surface area contributed by atoms with Gasteiger partial charge in [0.05, 0.1) is 6.61 Å². The van der Waals surface area contributed by atoms with E-state index in [4.69, 9.17) is 10.6 Å². The molecule has 0 spiro atoms. The lowest BCUT2D eigenvalue weighted by Crippen LogP contribution is -2.45. The van der Waals surface area contributed by atoms with Crippen molar-refractivity contribution in [1.29, 1.82) is 0 Å². The van der Waals surface area contributed by atoms with Gasteiger partial charge in [0.15, 0.2) is 0 Å². The number of nitrogens with one attached hydrogen (secondary N) is 1. The monoisotopic (exact) mass is 228 g/mol. The number of hydrogen-bond acceptors (Lipinski definition) is 3. The number of hydrogen-bond donors (Lipinski definition) is 2. The van der Waals surface area contributed by atoms with Gasteiger partial charge in [0.2, 0.25) is 0 Å². The fourth-order valence-electron chi connectivity index (χ4n) is 2.74. The van der Waals surface area contributed by atoms with Crippen molar-refractivity contribution < 1.29 is 4.74 Å². The summed E-state index contributed by atoms with van der Waals surface area (Å²) in [4.78, 5) is 0. The highest BCUT2D eigenvalue weighted by Crippen LogP contribution is 2.32. The lowest BCUT2D eigenvalue weighted by molar-refractivity contribution is 0.0774. The Hall–Kier alpha value is -0.120. The summed E-state index contributed by atoms with van der Waals surface area (Å²) in [6.45, 7) is 6.05. The van der Waals surface area contributed by atoms with E-state index in [0.29, 0.717) is 12.0 Å². The summed E-state index contributed by atoms with van der Waals surface area (Å²) in [5.41, 5.74) is 2.95. The smallest absolute Gasteiger partial charge is 0.0635 e. The maximum Gasteiger partial charge on any atom is 0.0635 e. The lowest BCUT2D eigenvalue weighted by atomic mass is 9.77. The van der Waals surface area contributed by atoms with Gasteiger partial charge >= 0.3 is 0 Å². The number of nitrogens with two attached hydrogens (primary N) is 1. The molecule has 3 atom stereocenters. The third-order valence-corrected chi connectivity index (χ3v) is 3.83. The van der Waals surface area contributed by atoms with E-state index in [-0.39, 0.29) is 0 Å². The predicted molar refractivity (Wildman–Crippen MR) is 68.0 cm³/mol. The van der Waals surface area contributed by atoms with Gasteiger partial charge in [0.25, 0.3) is 0 Å². The van der Waals surface area contributed by atoms with Crippen molar-refractivity contribution in [1.82, 2.24) is 5.43 Å². The Kier molecular flexibility index (Phi) is 7.01. The summed E-state index contributed by atoms with van der Waals surface area (Å²) in [5.74, 6) is 7.26. The maximum absolute atomic E-state index is 5.64. The topological polar surface area (TPSA) is 47.3 Å². The third-order valence-electron chi connectivity index (χ3n) is 3.83. The molecule has 1 fully saturated rings. The SMILES string of the molecule is CCCOCC(NN)C1CCCC(CC)C1. The summed E-state index contributed by atoms with van der Waals surface area (Å²) in [7, 11) is 0. The normalized spacial score (nSPS) is 27.9. The van der Waals surface area contributed by atoms with Crippen LogP contribution in [0.2, 0.25) is 0 Å². The van der Waals surface area contributed by atoms with Crippen molar-refractivity contribution in [3.63, 3.8) is 0 Å². The van der Waals surface area contributed by atoms with E-state index in [1.807, 2.05) is 0 Å². The molecule has 1 aliphatic rings. The van der Waals surface area contributed by atoms with E-state index in [9.17, 15) is 0 Å². The number of hydrazine groups is 1. The molecule has 3 nitrogen and oxygen atoms in total. The van der Waals surface area contributed by atoms with Crippen molar-refractivity contribution >= 4 is 0 Å². The third kappa shape index (κ3) is 4.40. The van der Waals surface area contributed by atoms with Crippen LogP contribution in [-0.4, -0.2) is 19.3 Å². The van der Waals surface area contributed by atoms with Crippen molar-refractivity contribution in [2.45, 2.75) is 58.4 Å². The van der Waals surface area contributed by atoms with Crippen LogP contribution in [0.1, 0.15) is 52.4 Å². The molecule has 3 N–H and O–H groups in total. The van der Waals surface area contributed by atoms with Crippen LogP contribution in [0.5, 0.6) is 0 Å². The van der Waals surface area contributed by atoms with Gasteiger partial charge in [-0.2, -0.15) is 0 Å². The minimum absolute atomic E-state index is 0.348. The molecule has 0 aromatic rings. The first-order valence-electron chi connectivity index (χ1n) is 6.85. The summed E-state index contributed by atoms with van der Waals surface area (Å²) in [5, 5.41) is 0.